The van der Waals surface area contributed by atoms with Crippen molar-refractivity contribution < 1.29 is 14.3 Å². The van der Waals surface area contributed by atoms with Gasteiger partial charge < -0.3 is 14.8 Å². The van der Waals surface area contributed by atoms with Crippen molar-refractivity contribution in [3.05, 3.63) is 53.6 Å². The normalized spacial score (nSPS) is 11.7. The lowest BCUT2D eigenvalue weighted by molar-refractivity contribution is -0.120. The monoisotopic (exact) mass is 373 g/mol. The lowest BCUT2D eigenvalue weighted by atomic mass is 10.1. The number of rotatable bonds is 9. The number of benzene rings is 2. The van der Waals surface area contributed by atoms with Crippen molar-refractivity contribution in [2.75, 3.05) is 20.8 Å². The number of hydrogen-bond acceptors (Lipinski definition) is 4. The predicted octanol–water partition coefficient (Wildman–Crippen LogP) is 4.24. The van der Waals surface area contributed by atoms with Crippen LogP contribution in [0.1, 0.15) is 24.5 Å². The predicted molar refractivity (Wildman–Crippen MR) is 107 cm³/mol. The van der Waals surface area contributed by atoms with Crippen molar-refractivity contribution >= 4 is 17.7 Å². The fourth-order valence-corrected chi connectivity index (χ4v) is 3.47. The molecule has 0 radical (unpaired) electrons. The molecule has 0 aliphatic rings. The van der Waals surface area contributed by atoms with Gasteiger partial charge in [0.15, 0.2) is 11.5 Å². The summed E-state index contributed by atoms with van der Waals surface area (Å²) in [6, 6.07) is 14.2. The van der Waals surface area contributed by atoms with Crippen LogP contribution in [0, 0.1) is 6.92 Å². The van der Waals surface area contributed by atoms with E-state index < -0.39 is 0 Å². The zero-order chi connectivity index (χ0) is 18.9. The molecular weight excluding hydrogens is 346 g/mol. The summed E-state index contributed by atoms with van der Waals surface area (Å²) in [7, 11) is 3.22. The molecule has 0 bridgehead atoms. The van der Waals surface area contributed by atoms with Crippen molar-refractivity contribution in [3.63, 3.8) is 0 Å². The van der Waals surface area contributed by atoms with Gasteiger partial charge in [-0.2, -0.15) is 0 Å². The van der Waals surface area contributed by atoms with E-state index >= 15 is 0 Å². The average molecular weight is 374 g/mol. The first-order valence-electron chi connectivity index (χ1n) is 8.75. The molecule has 2 aromatic carbocycles. The van der Waals surface area contributed by atoms with Crippen molar-refractivity contribution in [3.8, 4) is 11.5 Å². The Kier molecular flexibility index (Phi) is 7.85. The van der Waals surface area contributed by atoms with Crippen molar-refractivity contribution in [2.24, 2.45) is 0 Å². The van der Waals surface area contributed by atoms with Gasteiger partial charge in [0.25, 0.3) is 0 Å². The Morgan fingerprint density at radius 1 is 1.08 bits per heavy atom. The molecule has 1 N–H and O–H groups in total. The Balaban J connectivity index is 1.77. The summed E-state index contributed by atoms with van der Waals surface area (Å²) in [5.41, 5.74) is 2.57. The second-order valence-electron chi connectivity index (χ2n) is 6.16. The van der Waals surface area contributed by atoms with Crippen LogP contribution in [0.25, 0.3) is 0 Å². The molecule has 0 heterocycles. The minimum Gasteiger partial charge on any atom is -0.493 e. The molecule has 0 aliphatic carbocycles. The molecule has 0 aromatic heterocycles. The maximum absolute atomic E-state index is 12.3. The molecular formula is C21H27NO3S. The van der Waals surface area contributed by atoms with E-state index in [1.54, 1.807) is 14.2 Å². The van der Waals surface area contributed by atoms with Gasteiger partial charge in [-0.1, -0.05) is 29.8 Å². The zero-order valence-corrected chi connectivity index (χ0v) is 16.7. The van der Waals surface area contributed by atoms with E-state index in [1.807, 2.05) is 25.1 Å². The molecule has 2 aromatic rings. The molecule has 1 unspecified atom stereocenters. The van der Waals surface area contributed by atoms with Crippen molar-refractivity contribution in [1.82, 2.24) is 5.32 Å². The van der Waals surface area contributed by atoms with Gasteiger partial charge in [0, 0.05) is 11.4 Å². The van der Waals surface area contributed by atoms with Gasteiger partial charge in [0.05, 0.1) is 19.5 Å². The molecule has 140 valence electrons. The van der Waals surface area contributed by atoms with Crippen LogP contribution in [0.4, 0.5) is 0 Å². The van der Waals surface area contributed by atoms with Gasteiger partial charge in [-0.25, -0.2) is 0 Å². The van der Waals surface area contributed by atoms with Gasteiger partial charge >= 0.3 is 0 Å². The molecule has 26 heavy (non-hydrogen) atoms. The first kappa shape index (κ1) is 20.2. The molecule has 0 saturated heterocycles. The van der Waals surface area contributed by atoms with Gasteiger partial charge in [0.1, 0.15) is 0 Å². The first-order valence-corrected chi connectivity index (χ1v) is 9.63. The third kappa shape index (κ3) is 5.99. The molecule has 5 heteroatoms. The van der Waals surface area contributed by atoms with Crippen LogP contribution in [0.5, 0.6) is 11.5 Å². The number of methoxy groups -OCH3 is 2. The average Bonchev–Trinajstić information content (AvgIpc) is 2.66. The van der Waals surface area contributed by atoms with Gasteiger partial charge in [0.2, 0.25) is 5.91 Å². The summed E-state index contributed by atoms with van der Waals surface area (Å²) >= 11 is 1.51. The van der Waals surface area contributed by atoms with Crippen LogP contribution in [0.3, 0.4) is 0 Å². The molecule has 2 rings (SSSR count). The smallest absolute Gasteiger partial charge is 0.233 e. The Hall–Kier alpha value is -2.14. The van der Waals surface area contributed by atoms with Gasteiger partial charge in [-0.05, 0) is 50.5 Å². The van der Waals surface area contributed by atoms with E-state index in [2.05, 4.69) is 36.5 Å². The third-order valence-electron chi connectivity index (χ3n) is 4.10. The zero-order valence-electron chi connectivity index (χ0n) is 15.9. The summed E-state index contributed by atoms with van der Waals surface area (Å²) in [5.74, 6) is 1.40. The van der Waals surface area contributed by atoms with E-state index in [-0.39, 0.29) is 11.2 Å². The van der Waals surface area contributed by atoms with Gasteiger partial charge in [-0.15, -0.1) is 11.8 Å². The van der Waals surface area contributed by atoms with Crippen molar-refractivity contribution in [2.45, 2.75) is 36.8 Å². The molecule has 1 atom stereocenters. The summed E-state index contributed by atoms with van der Waals surface area (Å²) in [6.07, 6.45) is 1.90. The number of carbonyl (C=O) groups is 1. The first-order chi connectivity index (χ1) is 12.5. The maximum Gasteiger partial charge on any atom is 0.233 e. The Labute approximate surface area is 160 Å². The van der Waals surface area contributed by atoms with E-state index in [4.69, 9.17) is 9.47 Å². The number of hydrogen-bond donors (Lipinski definition) is 1. The molecule has 0 spiro atoms. The summed E-state index contributed by atoms with van der Waals surface area (Å²) in [4.78, 5) is 13.3. The molecule has 4 nitrogen and oxygen atoms in total. The summed E-state index contributed by atoms with van der Waals surface area (Å²) in [5, 5.41) is 2.85. The van der Waals surface area contributed by atoms with Crippen LogP contribution in [-0.2, 0) is 11.2 Å². The molecule has 0 aliphatic heterocycles. The summed E-state index contributed by atoms with van der Waals surface area (Å²) < 4.78 is 10.5. The second kappa shape index (κ2) is 10.1. The van der Waals surface area contributed by atoms with E-state index in [9.17, 15) is 4.79 Å². The largest absolute Gasteiger partial charge is 0.493 e. The quantitative estimate of drug-likeness (QED) is 0.527. The Bertz CT molecular complexity index is 716. The van der Waals surface area contributed by atoms with Crippen LogP contribution in [0.2, 0.25) is 0 Å². The minimum atomic E-state index is -0.174. The topological polar surface area (TPSA) is 47.6 Å². The number of nitrogens with one attached hydrogen (secondary N) is 1. The molecule has 1 amide bonds. The van der Waals surface area contributed by atoms with Crippen LogP contribution >= 0.6 is 11.8 Å². The Morgan fingerprint density at radius 2 is 1.77 bits per heavy atom. The number of amides is 1. The standard InChI is InChI=1S/C21H27NO3S/c1-15-7-9-17(10-8-15)6-5-13-22-21(23)16(2)26-18-11-12-19(24-3)20(14-18)25-4/h7-12,14,16H,5-6,13H2,1-4H3,(H,22,23). The second-order valence-corrected chi connectivity index (χ2v) is 7.57. The number of carbonyl (C=O) groups excluding carboxylic acids is 1. The number of thioether (sulfide) groups is 1. The lowest BCUT2D eigenvalue weighted by Gasteiger charge is -2.14. The van der Waals surface area contributed by atoms with Crippen LogP contribution in [-0.4, -0.2) is 31.9 Å². The SMILES string of the molecule is COc1ccc(SC(C)C(=O)NCCCc2ccc(C)cc2)cc1OC. The highest BCUT2D eigenvalue weighted by Crippen LogP contribution is 2.33. The van der Waals surface area contributed by atoms with Crippen molar-refractivity contribution in [1.29, 1.82) is 0 Å². The summed E-state index contributed by atoms with van der Waals surface area (Å²) in [6.45, 7) is 4.68. The number of ether oxygens (including phenoxy) is 2. The van der Waals surface area contributed by atoms with E-state index in [0.29, 0.717) is 18.0 Å². The fraction of sp³-hybridized carbons (Fsp3) is 0.381. The van der Waals surface area contributed by atoms with Crippen LogP contribution < -0.4 is 14.8 Å². The van der Waals surface area contributed by atoms with E-state index in [0.717, 1.165) is 17.7 Å². The maximum atomic E-state index is 12.3. The molecule has 0 fully saturated rings. The molecule has 0 saturated carbocycles. The fourth-order valence-electron chi connectivity index (χ4n) is 2.55. The van der Waals surface area contributed by atoms with E-state index in [1.165, 1.54) is 22.9 Å². The number of aryl methyl sites for hydroxylation is 2. The highest BCUT2D eigenvalue weighted by Gasteiger charge is 2.15. The highest BCUT2D eigenvalue weighted by molar-refractivity contribution is 8.00. The van der Waals surface area contributed by atoms with Crippen LogP contribution in [0.15, 0.2) is 47.4 Å². The Morgan fingerprint density at radius 3 is 2.42 bits per heavy atom. The third-order valence-corrected chi connectivity index (χ3v) is 5.19. The minimum absolute atomic E-state index is 0.0497. The van der Waals surface area contributed by atoms with Gasteiger partial charge in [-0.3, -0.25) is 4.79 Å². The lowest BCUT2D eigenvalue weighted by Crippen LogP contribution is -2.31. The highest BCUT2D eigenvalue weighted by atomic mass is 32.2.